The Morgan fingerprint density at radius 2 is 1.41 bits per heavy atom. The van der Waals surface area contributed by atoms with Gasteiger partial charge in [0.1, 0.15) is 12.1 Å². The molecule has 5 fully saturated rings. The fraction of sp³-hybridized carbons (Fsp3) is 0.500. The number of nitrogens with zero attached hydrogens (tertiary/aromatic N) is 8. The van der Waals surface area contributed by atoms with Crippen molar-refractivity contribution in [1.82, 2.24) is 24.4 Å². The van der Waals surface area contributed by atoms with E-state index in [1.165, 1.54) is 16.6 Å². The Kier molecular flexibility index (Phi) is 11.2. The molecule has 1 aromatic heterocycles. The van der Waals surface area contributed by atoms with Crippen molar-refractivity contribution in [3.8, 4) is 6.07 Å². The maximum absolute atomic E-state index is 13.7. The van der Waals surface area contributed by atoms with Gasteiger partial charge in [0, 0.05) is 89.8 Å². The SMILES string of the molecule is N#Cc1ncc(N2CCC3(CCN(S(=O)(=O)c4ccc(N5CCN(CC6CCN(c7ccc8c(c7)C(=O)N(C7CCC(=O)NC7=O)C8=O)CC6)CC5)cc4)CC3)C2)cc1C(F)(F)F. The number of halogens is 3. The van der Waals surface area contributed by atoms with Crippen molar-refractivity contribution in [2.75, 3.05) is 86.7 Å². The minimum atomic E-state index is -4.69. The highest BCUT2D eigenvalue weighted by molar-refractivity contribution is 7.89. The van der Waals surface area contributed by atoms with Crippen molar-refractivity contribution in [2.24, 2.45) is 11.3 Å². The first-order chi connectivity index (χ1) is 30.1. The van der Waals surface area contributed by atoms with Crippen LogP contribution >= 0.6 is 0 Å². The molecular weight excluding hydrogens is 840 g/mol. The number of piperazine rings is 1. The Hall–Kier alpha value is -5.58. The van der Waals surface area contributed by atoms with E-state index in [-0.39, 0.29) is 34.3 Å². The number of carbonyl (C=O) groups excluding carboxylic acids is 4. The Morgan fingerprint density at radius 1 is 0.762 bits per heavy atom. The van der Waals surface area contributed by atoms with E-state index in [1.807, 2.05) is 23.1 Å². The number of fused-ring (bicyclic) bond motifs is 1. The topological polar surface area (TPSA) is 171 Å². The highest BCUT2D eigenvalue weighted by Gasteiger charge is 2.46. The molecule has 1 spiro atoms. The molecule has 0 bridgehead atoms. The number of hydrogen-bond acceptors (Lipinski definition) is 12. The van der Waals surface area contributed by atoms with E-state index in [0.29, 0.717) is 50.6 Å². The van der Waals surface area contributed by atoms with Gasteiger partial charge in [-0.3, -0.25) is 34.3 Å². The van der Waals surface area contributed by atoms with E-state index in [4.69, 9.17) is 5.26 Å². The number of rotatable bonds is 8. The maximum Gasteiger partial charge on any atom is 0.419 e. The highest BCUT2D eigenvalue weighted by atomic mass is 32.2. The summed E-state index contributed by atoms with van der Waals surface area (Å²) < 4.78 is 69.7. The number of aromatic nitrogens is 1. The average molecular weight is 888 g/mol. The molecule has 2 aromatic carbocycles. The molecule has 63 heavy (non-hydrogen) atoms. The van der Waals surface area contributed by atoms with Gasteiger partial charge in [0.2, 0.25) is 21.8 Å². The lowest BCUT2D eigenvalue weighted by molar-refractivity contribution is -0.138. The summed E-state index contributed by atoms with van der Waals surface area (Å²) in [5.41, 5.74) is 0.766. The van der Waals surface area contributed by atoms with Crippen molar-refractivity contribution in [3.05, 3.63) is 77.1 Å². The summed E-state index contributed by atoms with van der Waals surface area (Å²) in [6, 6.07) is 13.9. The number of sulfonamides is 1. The molecule has 6 aliphatic heterocycles. The standard InChI is InChI=1S/C44H48F3N9O6S/c45-44(46,47)36-24-32(26-49-37(36)25-48)54-16-11-43(28-54)12-17-55(18-13-43)63(61,62)33-4-1-30(2-5-33)53-21-19-51(20-22-53)27-29-9-14-52(15-10-29)31-3-6-34-35(23-31)42(60)56(41(34)59)38-7-8-39(57)50-40(38)58/h1-6,23-24,26,29,38H,7-22,27-28H2,(H,50,57,58). The Bertz CT molecular complexity index is 2470. The molecule has 1 N–H and O–H groups in total. The fourth-order valence-electron chi connectivity index (χ4n) is 10.3. The van der Waals surface area contributed by atoms with Gasteiger partial charge in [0.05, 0.1) is 33.5 Å². The van der Waals surface area contributed by atoms with Crippen molar-refractivity contribution >= 4 is 50.7 Å². The first kappa shape index (κ1) is 42.7. The van der Waals surface area contributed by atoms with Crippen molar-refractivity contribution < 1.29 is 40.8 Å². The molecule has 1 unspecified atom stereocenters. The van der Waals surface area contributed by atoms with Crippen LogP contribution in [-0.2, 0) is 25.8 Å². The number of nitriles is 1. The van der Waals surface area contributed by atoms with E-state index >= 15 is 0 Å². The number of carbonyl (C=O) groups is 4. The summed E-state index contributed by atoms with van der Waals surface area (Å²) in [5, 5.41) is 11.3. The number of benzene rings is 2. The van der Waals surface area contributed by atoms with Gasteiger partial charge < -0.3 is 14.7 Å². The zero-order chi connectivity index (χ0) is 44.3. The van der Waals surface area contributed by atoms with Crippen LogP contribution in [0.25, 0.3) is 0 Å². The number of imide groups is 2. The molecule has 0 aliphatic carbocycles. The van der Waals surface area contributed by atoms with Crippen LogP contribution in [0.1, 0.15) is 76.9 Å². The third-order valence-corrected chi connectivity index (χ3v) is 15.9. The summed E-state index contributed by atoms with van der Waals surface area (Å²) in [7, 11) is -3.74. The number of alkyl halides is 3. The highest BCUT2D eigenvalue weighted by Crippen LogP contribution is 2.44. The third kappa shape index (κ3) is 8.24. The van der Waals surface area contributed by atoms with E-state index < -0.39 is 57.1 Å². The van der Waals surface area contributed by atoms with Crippen LogP contribution in [0.5, 0.6) is 0 Å². The van der Waals surface area contributed by atoms with Crippen molar-refractivity contribution in [2.45, 2.75) is 62.1 Å². The minimum Gasteiger partial charge on any atom is -0.371 e. The monoisotopic (exact) mass is 887 g/mol. The number of hydrogen-bond donors (Lipinski definition) is 1. The molecule has 7 heterocycles. The number of amides is 4. The van der Waals surface area contributed by atoms with Crippen LogP contribution in [-0.4, -0.2) is 129 Å². The number of piperidine rings is 3. The largest absolute Gasteiger partial charge is 0.419 e. The second-order valence-corrected chi connectivity index (χ2v) is 19.6. The van der Waals surface area contributed by atoms with Crippen LogP contribution in [0.2, 0.25) is 0 Å². The molecule has 15 nitrogen and oxygen atoms in total. The number of nitrogens with one attached hydrogen (secondary N) is 1. The van der Waals surface area contributed by atoms with Gasteiger partial charge in [-0.15, -0.1) is 0 Å². The molecular formula is C44H48F3N9O6S. The Balaban J connectivity index is 0.727. The summed E-state index contributed by atoms with van der Waals surface area (Å²) >= 11 is 0. The van der Waals surface area contributed by atoms with Gasteiger partial charge >= 0.3 is 6.18 Å². The van der Waals surface area contributed by atoms with Gasteiger partial charge in [-0.05, 0) is 98.4 Å². The average Bonchev–Trinajstić information content (AvgIpc) is 3.80. The molecule has 0 radical (unpaired) electrons. The number of anilines is 3. The molecule has 9 rings (SSSR count). The van der Waals surface area contributed by atoms with Crippen molar-refractivity contribution in [3.63, 3.8) is 0 Å². The second-order valence-electron chi connectivity index (χ2n) is 17.7. The quantitative estimate of drug-likeness (QED) is 0.322. The molecule has 1 atom stereocenters. The van der Waals surface area contributed by atoms with E-state index in [9.17, 15) is 40.8 Å². The van der Waals surface area contributed by atoms with Gasteiger partial charge in [0.25, 0.3) is 11.8 Å². The predicted octanol–water partition coefficient (Wildman–Crippen LogP) is 4.09. The summed E-state index contributed by atoms with van der Waals surface area (Å²) in [6.07, 6.45) is 0.658. The summed E-state index contributed by atoms with van der Waals surface area (Å²) in [4.78, 5) is 64.4. The lowest BCUT2D eigenvalue weighted by Gasteiger charge is -2.40. The first-order valence-electron chi connectivity index (χ1n) is 21.5. The normalized spacial score (nSPS) is 22.8. The minimum absolute atomic E-state index is 0.0720. The lowest BCUT2D eigenvalue weighted by atomic mass is 9.78. The molecule has 19 heteroatoms. The van der Waals surface area contributed by atoms with Gasteiger partial charge in [0.15, 0.2) is 5.69 Å². The van der Waals surface area contributed by atoms with Crippen LogP contribution in [0.15, 0.2) is 59.6 Å². The zero-order valence-electron chi connectivity index (χ0n) is 34.6. The molecule has 0 saturated carbocycles. The third-order valence-electron chi connectivity index (χ3n) is 14.0. The van der Waals surface area contributed by atoms with Gasteiger partial charge in [-0.25, -0.2) is 13.4 Å². The van der Waals surface area contributed by atoms with Crippen LogP contribution < -0.4 is 20.0 Å². The van der Waals surface area contributed by atoms with E-state index in [0.717, 1.165) is 87.4 Å². The first-order valence-corrected chi connectivity index (χ1v) is 23.0. The maximum atomic E-state index is 13.7. The van der Waals surface area contributed by atoms with Crippen LogP contribution in [0.4, 0.5) is 30.2 Å². The molecule has 5 saturated heterocycles. The fourth-order valence-corrected chi connectivity index (χ4v) is 11.7. The van der Waals surface area contributed by atoms with Gasteiger partial charge in [-0.1, -0.05) is 0 Å². The summed E-state index contributed by atoms with van der Waals surface area (Å²) in [6.45, 7) is 7.62. The molecule has 3 aromatic rings. The Labute approximate surface area is 363 Å². The predicted molar refractivity (Wildman–Crippen MR) is 224 cm³/mol. The summed E-state index contributed by atoms with van der Waals surface area (Å²) in [5.74, 6) is -1.55. The van der Waals surface area contributed by atoms with Gasteiger partial charge in [-0.2, -0.15) is 22.7 Å². The van der Waals surface area contributed by atoms with E-state index in [2.05, 4.69) is 25.0 Å². The molecule has 6 aliphatic rings. The second kappa shape index (κ2) is 16.5. The lowest BCUT2D eigenvalue weighted by Crippen LogP contribution is -2.54. The Morgan fingerprint density at radius 3 is 2.08 bits per heavy atom. The van der Waals surface area contributed by atoms with Crippen LogP contribution in [0, 0.1) is 22.7 Å². The zero-order valence-corrected chi connectivity index (χ0v) is 35.5. The molecule has 4 amide bonds. The smallest absolute Gasteiger partial charge is 0.371 e. The number of pyridine rings is 1. The van der Waals surface area contributed by atoms with Crippen LogP contribution in [0.3, 0.4) is 0 Å². The van der Waals surface area contributed by atoms with Crippen molar-refractivity contribution in [1.29, 1.82) is 5.26 Å². The van der Waals surface area contributed by atoms with E-state index in [1.54, 1.807) is 24.3 Å². The molecule has 332 valence electrons.